The molecule has 4 heteroatoms. The summed E-state index contributed by atoms with van der Waals surface area (Å²) in [5.74, 6) is -0.0299. The normalized spacial score (nSPS) is 10.2. The van der Waals surface area contributed by atoms with E-state index in [1.54, 1.807) is 11.9 Å². The SMILES string of the molecule is Cc1cccc(N(C)c2c(O)cc[nH]c2=O)c1. The lowest BCUT2D eigenvalue weighted by Gasteiger charge is -2.19. The summed E-state index contributed by atoms with van der Waals surface area (Å²) in [5, 5.41) is 9.73. The van der Waals surface area contributed by atoms with Crippen LogP contribution in [0.15, 0.2) is 41.3 Å². The highest BCUT2D eigenvalue weighted by atomic mass is 16.3. The first-order valence-corrected chi connectivity index (χ1v) is 5.30. The van der Waals surface area contributed by atoms with Gasteiger partial charge in [-0.15, -0.1) is 0 Å². The number of rotatable bonds is 2. The van der Waals surface area contributed by atoms with Crippen molar-refractivity contribution >= 4 is 11.4 Å². The Balaban J connectivity index is 2.51. The maximum atomic E-state index is 11.7. The van der Waals surface area contributed by atoms with Gasteiger partial charge in [0.05, 0.1) is 0 Å². The summed E-state index contributed by atoms with van der Waals surface area (Å²) >= 11 is 0. The molecule has 2 N–H and O–H groups in total. The van der Waals surface area contributed by atoms with E-state index in [0.717, 1.165) is 11.3 Å². The molecule has 0 spiro atoms. The van der Waals surface area contributed by atoms with E-state index in [1.807, 2.05) is 31.2 Å². The number of aromatic amines is 1. The van der Waals surface area contributed by atoms with E-state index < -0.39 is 0 Å². The molecule has 0 bridgehead atoms. The van der Waals surface area contributed by atoms with Gasteiger partial charge >= 0.3 is 0 Å². The Labute approximate surface area is 99.2 Å². The van der Waals surface area contributed by atoms with Crippen LogP contribution < -0.4 is 10.5 Å². The van der Waals surface area contributed by atoms with Crippen molar-refractivity contribution in [1.29, 1.82) is 0 Å². The van der Waals surface area contributed by atoms with Crippen LogP contribution in [0.2, 0.25) is 0 Å². The van der Waals surface area contributed by atoms with Gasteiger partial charge in [0.25, 0.3) is 5.56 Å². The highest BCUT2D eigenvalue weighted by Crippen LogP contribution is 2.27. The van der Waals surface area contributed by atoms with E-state index in [-0.39, 0.29) is 17.0 Å². The fourth-order valence-corrected chi connectivity index (χ4v) is 1.75. The first kappa shape index (κ1) is 11.3. The first-order chi connectivity index (χ1) is 8.09. The molecule has 0 aliphatic carbocycles. The molecule has 0 atom stereocenters. The molecule has 0 saturated carbocycles. The monoisotopic (exact) mass is 230 g/mol. The highest BCUT2D eigenvalue weighted by molar-refractivity contribution is 5.67. The van der Waals surface area contributed by atoms with Crippen molar-refractivity contribution in [2.45, 2.75) is 6.92 Å². The molecule has 4 nitrogen and oxygen atoms in total. The number of pyridine rings is 1. The summed E-state index contributed by atoms with van der Waals surface area (Å²) in [6.07, 6.45) is 1.42. The van der Waals surface area contributed by atoms with Crippen molar-refractivity contribution in [3.05, 3.63) is 52.4 Å². The van der Waals surface area contributed by atoms with Gasteiger partial charge in [-0.3, -0.25) is 4.79 Å². The molecular weight excluding hydrogens is 216 g/mol. The maximum absolute atomic E-state index is 11.7. The number of hydrogen-bond acceptors (Lipinski definition) is 3. The molecule has 0 amide bonds. The second-order valence-electron chi connectivity index (χ2n) is 3.94. The molecule has 0 radical (unpaired) electrons. The van der Waals surface area contributed by atoms with E-state index in [4.69, 9.17) is 0 Å². The number of benzene rings is 1. The van der Waals surface area contributed by atoms with Crippen LogP contribution in [0.4, 0.5) is 11.4 Å². The van der Waals surface area contributed by atoms with Gasteiger partial charge in [-0.05, 0) is 30.7 Å². The lowest BCUT2D eigenvalue weighted by Crippen LogP contribution is -2.20. The third-order valence-corrected chi connectivity index (χ3v) is 2.64. The van der Waals surface area contributed by atoms with Crippen LogP contribution in [0.3, 0.4) is 0 Å². The van der Waals surface area contributed by atoms with E-state index in [2.05, 4.69) is 4.98 Å². The van der Waals surface area contributed by atoms with Gasteiger partial charge in [-0.1, -0.05) is 12.1 Å². The number of H-pyrrole nitrogens is 1. The molecule has 2 aromatic rings. The van der Waals surface area contributed by atoms with E-state index >= 15 is 0 Å². The number of aromatic nitrogens is 1. The van der Waals surface area contributed by atoms with Crippen molar-refractivity contribution in [1.82, 2.24) is 4.98 Å². The van der Waals surface area contributed by atoms with Gasteiger partial charge < -0.3 is 15.0 Å². The molecule has 0 fully saturated rings. The Bertz CT molecular complexity index is 590. The van der Waals surface area contributed by atoms with Crippen LogP contribution in [0.25, 0.3) is 0 Å². The molecule has 88 valence electrons. The minimum Gasteiger partial charge on any atom is -0.505 e. The standard InChI is InChI=1S/C13H14N2O2/c1-9-4-3-5-10(8-9)15(2)12-11(16)6-7-14-13(12)17/h3-8H,1-2H3,(H2,14,16,17). The predicted molar refractivity (Wildman–Crippen MR) is 68.0 cm³/mol. The molecule has 1 aromatic heterocycles. The van der Waals surface area contributed by atoms with Crippen molar-refractivity contribution in [2.24, 2.45) is 0 Å². The summed E-state index contributed by atoms with van der Waals surface area (Å²) in [4.78, 5) is 15.9. The molecule has 0 aliphatic heterocycles. The average molecular weight is 230 g/mol. The predicted octanol–water partition coefficient (Wildman–Crippen LogP) is 2.16. The van der Waals surface area contributed by atoms with Crippen molar-refractivity contribution in [3.8, 4) is 5.75 Å². The molecular formula is C13H14N2O2. The maximum Gasteiger partial charge on any atom is 0.275 e. The van der Waals surface area contributed by atoms with Gasteiger partial charge in [-0.25, -0.2) is 0 Å². The number of hydrogen-bond donors (Lipinski definition) is 2. The zero-order chi connectivity index (χ0) is 12.4. The molecule has 0 unspecified atom stereocenters. The van der Waals surface area contributed by atoms with Crippen molar-refractivity contribution < 1.29 is 5.11 Å². The molecule has 17 heavy (non-hydrogen) atoms. The molecule has 0 aliphatic rings. The summed E-state index contributed by atoms with van der Waals surface area (Å²) in [6, 6.07) is 9.19. The van der Waals surface area contributed by atoms with Crippen LogP contribution in [0, 0.1) is 6.92 Å². The minimum atomic E-state index is -0.311. The topological polar surface area (TPSA) is 56.3 Å². The van der Waals surface area contributed by atoms with Crippen LogP contribution in [-0.2, 0) is 0 Å². The first-order valence-electron chi connectivity index (χ1n) is 5.30. The third-order valence-electron chi connectivity index (χ3n) is 2.64. The van der Waals surface area contributed by atoms with Crippen molar-refractivity contribution in [3.63, 3.8) is 0 Å². The second-order valence-corrected chi connectivity index (χ2v) is 3.94. The van der Waals surface area contributed by atoms with Crippen LogP contribution in [0.1, 0.15) is 5.56 Å². The number of aryl methyl sites for hydroxylation is 1. The molecule has 0 saturated heterocycles. The minimum absolute atomic E-state index is 0.0299. The third kappa shape index (κ3) is 2.15. The summed E-state index contributed by atoms with van der Waals surface area (Å²) in [7, 11) is 1.75. The Hall–Kier alpha value is -2.23. The van der Waals surface area contributed by atoms with Gasteiger partial charge in [-0.2, -0.15) is 0 Å². The highest BCUT2D eigenvalue weighted by Gasteiger charge is 2.12. The van der Waals surface area contributed by atoms with Gasteiger partial charge in [0, 0.05) is 18.9 Å². The fourth-order valence-electron chi connectivity index (χ4n) is 1.75. The lowest BCUT2D eigenvalue weighted by molar-refractivity contribution is 0.474. The van der Waals surface area contributed by atoms with E-state index in [0.29, 0.717) is 0 Å². The summed E-state index contributed by atoms with van der Waals surface area (Å²) in [6.45, 7) is 1.98. The Kier molecular flexibility index (Phi) is 2.87. The Morgan fingerprint density at radius 2 is 2.06 bits per heavy atom. The van der Waals surface area contributed by atoms with Gasteiger partial charge in [0.1, 0.15) is 11.4 Å². The van der Waals surface area contributed by atoms with Crippen LogP contribution in [0.5, 0.6) is 5.75 Å². The number of anilines is 2. The smallest absolute Gasteiger partial charge is 0.275 e. The zero-order valence-corrected chi connectivity index (χ0v) is 9.77. The Morgan fingerprint density at radius 1 is 1.29 bits per heavy atom. The van der Waals surface area contributed by atoms with Gasteiger partial charge in [0.2, 0.25) is 0 Å². The van der Waals surface area contributed by atoms with Crippen molar-refractivity contribution in [2.75, 3.05) is 11.9 Å². The fraction of sp³-hybridized carbons (Fsp3) is 0.154. The summed E-state index contributed by atoms with van der Waals surface area (Å²) < 4.78 is 0. The van der Waals surface area contributed by atoms with E-state index in [9.17, 15) is 9.90 Å². The molecule has 1 aromatic carbocycles. The Morgan fingerprint density at radius 3 is 2.71 bits per heavy atom. The number of aromatic hydroxyl groups is 1. The lowest BCUT2D eigenvalue weighted by atomic mass is 10.2. The van der Waals surface area contributed by atoms with Crippen LogP contribution >= 0.6 is 0 Å². The quantitative estimate of drug-likeness (QED) is 0.831. The molecule has 1 heterocycles. The number of nitrogens with zero attached hydrogens (tertiary/aromatic N) is 1. The largest absolute Gasteiger partial charge is 0.505 e. The summed E-state index contributed by atoms with van der Waals surface area (Å²) in [5.41, 5.74) is 1.89. The molecule has 2 rings (SSSR count). The zero-order valence-electron chi connectivity index (χ0n) is 9.77. The van der Waals surface area contributed by atoms with E-state index in [1.165, 1.54) is 12.3 Å². The number of nitrogens with one attached hydrogen (secondary N) is 1. The second kappa shape index (κ2) is 4.33. The average Bonchev–Trinajstić information content (AvgIpc) is 2.28. The van der Waals surface area contributed by atoms with Crippen LogP contribution in [-0.4, -0.2) is 17.1 Å². The van der Waals surface area contributed by atoms with Gasteiger partial charge in [0.15, 0.2) is 0 Å².